The number of amides is 1. The van der Waals surface area contributed by atoms with Crippen LogP contribution in [-0.2, 0) is 4.79 Å². The van der Waals surface area contributed by atoms with E-state index in [1.165, 1.54) is 24.3 Å². The Bertz CT molecular complexity index is 886. The highest BCUT2D eigenvalue weighted by Gasteiger charge is 2.16. The van der Waals surface area contributed by atoms with Gasteiger partial charge in [-0.05, 0) is 36.8 Å². The van der Waals surface area contributed by atoms with Crippen LogP contribution in [0.3, 0.4) is 0 Å². The van der Waals surface area contributed by atoms with E-state index in [0.717, 1.165) is 16.9 Å². The lowest BCUT2D eigenvalue weighted by Gasteiger charge is -2.22. The molecule has 1 atom stereocenters. The second-order valence-corrected chi connectivity index (χ2v) is 5.57. The van der Waals surface area contributed by atoms with E-state index < -0.39 is 4.92 Å². The van der Waals surface area contributed by atoms with E-state index in [1.54, 1.807) is 12.1 Å². The Morgan fingerprint density at radius 1 is 1.24 bits per heavy atom. The largest absolute Gasteiger partial charge is 0.485 e. The second kappa shape index (κ2) is 7.00. The number of fused-ring (bicyclic) bond motifs is 1. The van der Waals surface area contributed by atoms with Crippen LogP contribution < -0.4 is 10.1 Å². The van der Waals surface area contributed by atoms with Gasteiger partial charge in [-0.3, -0.25) is 14.9 Å². The monoisotopic (exact) mass is 336 g/mol. The maximum absolute atomic E-state index is 12.1. The molecule has 1 heterocycles. The number of nitro benzene ring substituents is 1. The van der Waals surface area contributed by atoms with Crippen LogP contribution >= 0.6 is 0 Å². The Morgan fingerprint density at radius 3 is 2.84 bits per heavy atom. The number of nitrogens with one attached hydrogen (secondary N) is 1. The molecule has 0 aliphatic carbocycles. The molecule has 1 unspecified atom stereocenters. The molecule has 6 nitrogen and oxygen atoms in total. The van der Waals surface area contributed by atoms with Crippen LogP contribution in [0.15, 0.2) is 66.3 Å². The molecule has 0 bridgehead atoms. The topological polar surface area (TPSA) is 81.5 Å². The smallest absolute Gasteiger partial charge is 0.271 e. The fourth-order valence-corrected chi connectivity index (χ4v) is 2.50. The molecule has 1 amide bonds. The Kier molecular flexibility index (Phi) is 4.61. The first-order valence-corrected chi connectivity index (χ1v) is 7.74. The van der Waals surface area contributed by atoms with E-state index in [9.17, 15) is 14.9 Å². The molecule has 3 rings (SSSR count). The van der Waals surface area contributed by atoms with Crippen molar-refractivity contribution in [3.8, 4) is 5.75 Å². The Morgan fingerprint density at radius 2 is 2.04 bits per heavy atom. The molecule has 1 N–H and O–H groups in total. The number of anilines is 1. The molecule has 1 aliphatic heterocycles. The quantitative estimate of drug-likeness (QED) is 0.520. The van der Waals surface area contributed by atoms with Gasteiger partial charge in [-0.15, -0.1) is 0 Å². The Hall–Kier alpha value is -3.41. The second-order valence-electron chi connectivity index (χ2n) is 5.57. The van der Waals surface area contributed by atoms with E-state index in [2.05, 4.69) is 5.32 Å². The highest BCUT2D eigenvalue weighted by Crippen LogP contribution is 2.29. The molecule has 0 spiro atoms. The lowest BCUT2D eigenvalue weighted by Crippen LogP contribution is -2.18. The first kappa shape index (κ1) is 16.4. The van der Waals surface area contributed by atoms with Crippen molar-refractivity contribution in [2.75, 3.05) is 5.32 Å². The predicted octanol–water partition coefficient (Wildman–Crippen LogP) is 3.95. The van der Waals surface area contributed by atoms with Gasteiger partial charge in [-0.25, -0.2) is 0 Å². The average Bonchev–Trinajstić information content (AvgIpc) is 2.60. The maximum Gasteiger partial charge on any atom is 0.271 e. The molecule has 6 heteroatoms. The van der Waals surface area contributed by atoms with Crippen molar-refractivity contribution in [2.45, 2.75) is 13.0 Å². The van der Waals surface area contributed by atoms with Gasteiger partial charge in [-0.1, -0.05) is 24.3 Å². The summed E-state index contributed by atoms with van der Waals surface area (Å²) in [5, 5.41) is 13.4. The number of hydrogen-bond acceptors (Lipinski definition) is 4. The molecule has 1 aliphatic rings. The van der Waals surface area contributed by atoms with Gasteiger partial charge in [0, 0.05) is 29.5 Å². The molecule has 126 valence electrons. The van der Waals surface area contributed by atoms with Gasteiger partial charge in [0.2, 0.25) is 5.91 Å². The number of nitro groups is 1. The summed E-state index contributed by atoms with van der Waals surface area (Å²) >= 11 is 0. The van der Waals surface area contributed by atoms with Crippen molar-refractivity contribution in [1.82, 2.24) is 0 Å². The summed E-state index contributed by atoms with van der Waals surface area (Å²) in [6.07, 6.45) is 4.88. The summed E-state index contributed by atoms with van der Waals surface area (Å²) in [6.45, 7) is 1.91. The fourth-order valence-electron chi connectivity index (χ4n) is 2.50. The summed E-state index contributed by atoms with van der Waals surface area (Å²) in [7, 11) is 0. The third kappa shape index (κ3) is 3.92. The van der Waals surface area contributed by atoms with Crippen LogP contribution in [0.5, 0.6) is 5.75 Å². The summed E-state index contributed by atoms with van der Waals surface area (Å²) in [5.41, 5.74) is 2.12. The Balaban J connectivity index is 1.72. The van der Waals surface area contributed by atoms with Crippen LogP contribution in [0.4, 0.5) is 11.4 Å². The first-order valence-electron chi connectivity index (χ1n) is 7.74. The number of non-ortho nitro benzene ring substituents is 1. The van der Waals surface area contributed by atoms with E-state index in [0.29, 0.717) is 5.69 Å². The SMILES string of the molecule is CC1Oc2ccccc2C=C1C=CC(=O)Nc1cccc([N+](=O)[O-])c1. The van der Waals surface area contributed by atoms with Gasteiger partial charge in [0.15, 0.2) is 0 Å². The first-order chi connectivity index (χ1) is 12.0. The standard InChI is InChI=1S/C19H16N2O4/c1-13-14(11-15-5-2-3-8-18(15)25-13)9-10-19(22)20-16-6-4-7-17(12-16)21(23)24/h2-13H,1H3,(H,20,22). The summed E-state index contributed by atoms with van der Waals surface area (Å²) in [4.78, 5) is 22.3. The lowest BCUT2D eigenvalue weighted by molar-refractivity contribution is -0.384. The number of hydrogen-bond donors (Lipinski definition) is 1. The van der Waals surface area contributed by atoms with E-state index >= 15 is 0 Å². The number of rotatable bonds is 4. The van der Waals surface area contributed by atoms with Crippen LogP contribution in [0.1, 0.15) is 12.5 Å². The molecule has 2 aromatic rings. The zero-order valence-electron chi connectivity index (χ0n) is 13.5. The number of nitrogens with zero attached hydrogens (tertiary/aromatic N) is 1. The van der Waals surface area contributed by atoms with Gasteiger partial charge in [-0.2, -0.15) is 0 Å². The zero-order chi connectivity index (χ0) is 17.8. The molecule has 0 saturated heterocycles. The summed E-state index contributed by atoms with van der Waals surface area (Å²) in [5.74, 6) is 0.445. The molecule has 25 heavy (non-hydrogen) atoms. The molecule has 0 saturated carbocycles. The number of ether oxygens (including phenoxy) is 1. The maximum atomic E-state index is 12.1. The molecule has 0 aromatic heterocycles. The van der Waals surface area contributed by atoms with E-state index in [1.807, 2.05) is 37.3 Å². The van der Waals surface area contributed by atoms with Crippen molar-refractivity contribution in [3.05, 3.63) is 81.9 Å². The van der Waals surface area contributed by atoms with Crippen molar-refractivity contribution in [2.24, 2.45) is 0 Å². The van der Waals surface area contributed by atoms with Crippen molar-refractivity contribution >= 4 is 23.4 Å². The van der Waals surface area contributed by atoms with Gasteiger partial charge < -0.3 is 10.1 Å². The molecular weight excluding hydrogens is 320 g/mol. The normalized spacial score (nSPS) is 15.9. The van der Waals surface area contributed by atoms with Gasteiger partial charge in [0.1, 0.15) is 11.9 Å². The molecule has 2 aromatic carbocycles. The third-order valence-corrected chi connectivity index (χ3v) is 3.77. The van der Waals surface area contributed by atoms with Crippen LogP contribution in [0.2, 0.25) is 0 Å². The number of benzene rings is 2. The minimum Gasteiger partial charge on any atom is -0.485 e. The zero-order valence-corrected chi connectivity index (χ0v) is 13.5. The molecule has 0 fully saturated rings. The van der Waals surface area contributed by atoms with E-state index in [4.69, 9.17) is 4.74 Å². The highest BCUT2D eigenvalue weighted by molar-refractivity contribution is 5.99. The number of para-hydroxylation sites is 1. The van der Waals surface area contributed by atoms with E-state index in [-0.39, 0.29) is 17.7 Å². The summed E-state index contributed by atoms with van der Waals surface area (Å²) in [6, 6.07) is 13.5. The third-order valence-electron chi connectivity index (χ3n) is 3.77. The van der Waals surface area contributed by atoms with Gasteiger partial charge in [0.05, 0.1) is 4.92 Å². The Labute approximate surface area is 144 Å². The van der Waals surface area contributed by atoms with Crippen molar-refractivity contribution in [1.29, 1.82) is 0 Å². The average molecular weight is 336 g/mol. The molecular formula is C19H16N2O4. The molecule has 0 radical (unpaired) electrons. The van der Waals surface area contributed by atoms with Gasteiger partial charge >= 0.3 is 0 Å². The lowest BCUT2D eigenvalue weighted by atomic mass is 10.0. The summed E-state index contributed by atoms with van der Waals surface area (Å²) < 4.78 is 5.81. The fraction of sp³-hybridized carbons (Fsp3) is 0.105. The van der Waals surface area contributed by atoms with Crippen LogP contribution in [0, 0.1) is 10.1 Å². The predicted molar refractivity (Wildman–Crippen MR) is 95.4 cm³/mol. The minimum atomic E-state index is -0.505. The van der Waals surface area contributed by atoms with Crippen LogP contribution in [-0.4, -0.2) is 16.9 Å². The van der Waals surface area contributed by atoms with Crippen molar-refractivity contribution in [3.63, 3.8) is 0 Å². The number of carbonyl (C=O) groups is 1. The van der Waals surface area contributed by atoms with Gasteiger partial charge in [0.25, 0.3) is 5.69 Å². The highest BCUT2D eigenvalue weighted by atomic mass is 16.6. The number of carbonyl (C=O) groups excluding carboxylic acids is 1. The minimum absolute atomic E-state index is 0.0737. The van der Waals surface area contributed by atoms with Crippen LogP contribution in [0.25, 0.3) is 6.08 Å². The van der Waals surface area contributed by atoms with Crippen molar-refractivity contribution < 1.29 is 14.5 Å².